The van der Waals surface area contributed by atoms with Crippen molar-refractivity contribution in [3.63, 3.8) is 0 Å². The number of benzene rings is 2. The van der Waals surface area contributed by atoms with Crippen LogP contribution in [0.3, 0.4) is 0 Å². The van der Waals surface area contributed by atoms with Crippen LogP contribution in [0, 0.1) is 11.6 Å². The number of rotatable bonds is 4. The number of H-pyrrole nitrogens is 1. The van der Waals surface area contributed by atoms with Gasteiger partial charge in [0.25, 0.3) is 0 Å². The SMILES string of the molecule is Nc1ccc(Oc2ccnc3c2SCCCN3)c(F)c1.O=C(O)c1c[nH]cc(-c2ccc(F)cc2)c1=O. The Morgan fingerprint density at radius 3 is 2.59 bits per heavy atom. The number of nitrogens with two attached hydrogens (primary N) is 1. The molecule has 8 nitrogen and oxygen atoms in total. The Morgan fingerprint density at radius 2 is 1.86 bits per heavy atom. The van der Waals surface area contributed by atoms with Crippen LogP contribution in [0.5, 0.6) is 11.5 Å². The summed E-state index contributed by atoms with van der Waals surface area (Å²) in [7, 11) is 0. The number of ether oxygens (including phenoxy) is 1. The second-order valence-electron chi connectivity index (χ2n) is 7.83. The number of nitrogen functional groups attached to an aromatic ring is 1. The molecule has 4 aromatic rings. The zero-order chi connectivity index (χ0) is 26.4. The van der Waals surface area contributed by atoms with Gasteiger partial charge < -0.3 is 25.9 Å². The number of halogens is 2. The molecule has 0 amide bonds. The number of thioether (sulfide) groups is 1. The van der Waals surface area contributed by atoms with Crippen LogP contribution in [0.4, 0.5) is 20.3 Å². The lowest BCUT2D eigenvalue weighted by Gasteiger charge is -2.13. The number of carboxylic acids is 1. The van der Waals surface area contributed by atoms with Crippen LogP contribution in [-0.4, -0.2) is 33.3 Å². The molecule has 0 bridgehead atoms. The summed E-state index contributed by atoms with van der Waals surface area (Å²) in [5.74, 6) is 0.361. The summed E-state index contributed by atoms with van der Waals surface area (Å²) in [5.41, 5.74) is 5.64. The number of hydrogen-bond acceptors (Lipinski definition) is 7. The summed E-state index contributed by atoms with van der Waals surface area (Å²) in [5, 5.41) is 12.1. The quantitative estimate of drug-likeness (QED) is 0.262. The van der Waals surface area contributed by atoms with E-state index in [-0.39, 0.29) is 16.9 Å². The number of carboxylic acid groups (broad SMARTS) is 1. The van der Waals surface area contributed by atoms with Crippen molar-refractivity contribution in [2.75, 3.05) is 23.3 Å². The van der Waals surface area contributed by atoms with E-state index < -0.39 is 23.0 Å². The fourth-order valence-corrected chi connectivity index (χ4v) is 4.44. The largest absolute Gasteiger partial charge is 0.477 e. The number of pyridine rings is 2. The van der Waals surface area contributed by atoms with E-state index in [9.17, 15) is 18.4 Å². The molecule has 5 rings (SSSR count). The third kappa shape index (κ3) is 6.25. The molecule has 0 unspecified atom stereocenters. The Kier molecular flexibility index (Phi) is 8.04. The van der Waals surface area contributed by atoms with Gasteiger partial charge in [-0.2, -0.15) is 0 Å². The van der Waals surface area contributed by atoms with Crippen LogP contribution >= 0.6 is 11.8 Å². The minimum Gasteiger partial charge on any atom is -0.477 e. The minimum atomic E-state index is -1.30. The van der Waals surface area contributed by atoms with E-state index >= 15 is 0 Å². The normalized spacial score (nSPS) is 12.3. The second-order valence-corrected chi connectivity index (χ2v) is 8.94. The highest BCUT2D eigenvalue weighted by molar-refractivity contribution is 7.99. The molecule has 1 aliphatic heterocycles. The molecule has 0 aliphatic carbocycles. The molecule has 37 heavy (non-hydrogen) atoms. The number of aromatic nitrogens is 2. The van der Waals surface area contributed by atoms with Gasteiger partial charge in [-0.05, 0) is 42.0 Å². The number of anilines is 2. The number of fused-ring (bicyclic) bond motifs is 1. The zero-order valence-corrected chi connectivity index (χ0v) is 20.1. The van der Waals surface area contributed by atoms with E-state index in [2.05, 4.69) is 15.3 Å². The Hall–Kier alpha value is -4.38. The molecule has 0 saturated carbocycles. The molecule has 0 fully saturated rings. The molecule has 0 spiro atoms. The van der Waals surface area contributed by atoms with Gasteiger partial charge >= 0.3 is 5.97 Å². The number of hydrogen-bond donors (Lipinski definition) is 4. The molecule has 11 heteroatoms. The van der Waals surface area contributed by atoms with Crippen LogP contribution in [0.15, 0.2) is 76.8 Å². The van der Waals surface area contributed by atoms with Gasteiger partial charge in [0, 0.05) is 48.5 Å². The van der Waals surface area contributed by atoms with Gasteiger partial charge in [-0.15, -0.1) is 11.8 Å². The maximum Gasteiger partial charge on any atom is 0.341 e. The molecule has 0 atom stereocenters. The number of aromatic amines is 1. The molecular weight excluding hydrogens is 502 g/mol. The van der Waals surface area contributed by atoms with E-state index in [4.69, 9.17) is 15.6 Å². The molecular formula is C26H22F2N4O4S. The highest BCUT2D eigenvalue weighted by atomic mass is 32.2. The molecule has 2 aromatic heterocycles. The lowest BCUT2D eigenvalue weighted by molar-refractivity contribution is 0.0695. The average Bonchev–Trinajstić information content (AvgIpc) is 3.13. The molecule has 0 saturated heterocycles. The first-order valence-electron chi connectivity index (χ1n) is 11.1. The fourth-order valence-electron chi connectivity index (χ4n) is 3.44. The number of aromatic carboxylic acids is 1. The van der Waals surface area contributed by atoms with Gasteiger partial charge in [0.05, 0.1) is 4.90 Å². The van der Waals surface area contributed by atoms with Gasteiger partial charge in [0.1, 0.15) is 22.9 Å². The first-order valence-corrected chi connectivity index (χ1v) is 12.1. The second kappa shape index (κ2) is 11.6. The van der Waals surface area contributed by atoms with E-state index in [0.717, 1.165) is 35.6 Å². The fraction of sp³-hybridized carbons (Fsp3) is 0.115. The number of nitrogens with one attached hydrogen (secondary N) is 2. The molecule has 0 radical (unpaired) electrons. The van der Waals surface area contributed by atoms with Crippen LogP contribution < -0.4 is 21.2 Å². The summed E-state index contributed by atoms with van der Waals surface area (Å²) in [6, 6.07) is 11.4. The Balaban J connectivity index is 0.000000176. The maximum atomic E-state index is 13.8. The monoisotopic (exact) mass is 524 g/mol. The maximum absolute atomic E-state index is 13.8. The van der Waals surface area contributed by atoms with E-state index in [0.29, 0.717) is 17.0 Å². The summed E-state index contributed by atoms with van der Waals surface area (Å²) < 4.78 is 32.2. The van der Waals surface area contributed by atoms with Gasteiger partial charge in [-0.25, -0.2) is 18.6 Å². The van der Waals surface area contributed by atoms with Gasteiger partial charge in [0.2, 0.25) is 5.43 Å². The Morgan fingerprint density at radius 1 is 1.08 bits per heavy atom. The third-order valence-corrected chi connectivity index (χ3v) is 6.41. The van der Waals surface area contributed by atoms with Crippen molar-refractivity contribution < 1.29 is 23.4 Å². The topological polar surface area (TPSA) is 130 Å². The predicted molar refractivity (Wildman–Crippen MR) is 138 cm³/mol. The summed E-state index contributed by atoms with van der Waals surface area (Å²) >= 11 is 1.67. The van der Waals surface area contributed by atoms with Crippen molar-refractivity contribution in [2.45, 2.75) is 11.3 Å². The van der Waals surface area contributed by atoms with Crippen molar-refractivity contribution in [1.29, 1.82) is 0 Å². The molecule has 3 heterocycles. The lowest BCUT2D eigenvalue weighted by atomic mass is 10.1. The van der Waals surface area contributed by atoms with Crippen molar-refractivity contribution in [1.82, 2.24) is 9.97 Å². The number of nitrogens with zero attached hydrogens (tertiary/aromatic N) is 1. The highest BCUT2D eigenvalue weighted by Gasteiger charge is 2.16. The van der Waals surface area contributed by atoms with Crippen LogP contribution in [0.2, 0.25) is 0 Å². The van der Waals surface area contributed by atoms with Gasteiger partial charge in [-0.3, -0.25) is 4.79 Å². The first-order chi connectivity index (χ1) is 17.8. The van der Waals surface area contributed by atoms with E-state index in [1.807, 2.05) is 0 Å². The zero-order valence-electron chi connectivity index (χ0n) is 19.3. The van der Waals surface area contributed by atoms with Crippen LogP contribution in [0.25, 0.3) is 11.1 Å². The molecule has 2 aromatic carbocycles. The molecule has 1 aliphatic rings. The van der Waals surface area contributed by atoms with Gasteiger partial charge in [0.15, 0.2) is 11.6 Å². The highest BCUT2D eigenvalue weighted by Crippen LogP contribution is 2.39. The van der Waals surface area contributed by atoms with Gasteiger partial charge in [-0.1, -0.05) is 12.1 Å². The van der Waals surface area contributed by atoms with Crippen molar-refractivity contribution in [3.05, 3.63) is 94.5 Å². The predicted octanol–water partition coefficient (Wildman–Crippen LogP) is 5.38. The molecule has 190 valence electrons. The standard InChI is InChI=1S/C14H14FN3OS.C12H8FNO3/c15-10-8-9(16)2-3-11(10)19-12-4-6-18-14-13(12)20-7-1-5-17-14;13-8-3-1-7(2-4-8)9-5-14-6-10(11(9)15)12(16)17/h2-4,6,8H,1,5,7,16H2,(H,17,18);1-6H,(H,14,15)(H,16,17). The molecule has 5 N–H and O–H groups in total. The van der Waals surface area contributed by atoms with E-state index in [1.165, 1.54) is 42.6 Å². The first kappa shape index (κ1) is 25.7. The average molecular weight is 525 g/mol. The minimum absolute atomic E-state index is 0.164. The summed E-state index contributed by atoms with van der Waals surface area (Å²) in [4.78, 5) is 30.4. The Labute approximate surface area is 214 Å². The lowest BCUT2D eigenvalue weighted by Crippen LogP contribution is -2.16. The summed E-state index contributed by atoms with van der Waals surface area (Å²) in [6.07, 6.45) is 5.22. The smallest absolute Gasteiger partial charge is 0.341 e. The van der Waals surface area contributed by atoms with Crippen LogP contribution in [0.1, 0.15) is 16.8 Å². The third-order valence-electron chi connectivity index (χ3n) is 5.23. The number of carbonyl (C=O) groups is 1. The van der Waals surface area contributed by atoms with Crippen molar-refractivity contribution >= 4 is 29.2 Å². The van der Waals surface area contributed by atoms with Crippen molar-refractivity contribution in [3.8, 4) is 22.6 Å². The van der Waals surface area contributed by atoms with E-state index in [1.54, 1.807) is 30.1 Å². The summed E-state index contributed by atoms with van der Waals surface area (Å²) in [6.45, 7) is 0.882. The van der Waals surface area contributed by atoms with Crippen LogP contribution in [-0.2, 0) is 0 Å². The van der Waals surface area contributed by atoms with Crippen molar-refractivity contribution in [2.24, 2.45) is 0 Å². The Bertz CT molecular complexity index is 1480.